The lowest BCUT2D eigenvalue weighted by atomic mass is 10.0. The Morgan fingerprint density at radius 2 is 1.64 bits per heavy atom. The molecule has 0 spiro atoms. The van der Waals surface area contributed by atoms with E-state index < -0.39 is 83.4 Å². The van der Waals surface area contributed by atoms with Gasteiger partial charge in [-0.3, -0.25) is 32.4 Å². The molecule has 23 nitrogen and oxygen atoms in total. The summed E-state index contributed by atoms with van der Waals surface area (Å²) in [5.41, 5.74) is 10.8. The Balaban J connectivity index is 1.21. The number of nitrogens with two attached hydrogens (primary N) is 2. The first-order valence-corrected chi connectivity index (χ1v) is 16.0. The maximum atomic E-state index is 13.2. The molecule has 0 radical (unpaired) electrons. The number of nitrogens with one attached hydrogen (secondary N) is 1. The number of nitrogen functional groups attached to an aromatic ring is 2. The van der Waals surface area contributed by atoms with E-state index in [-0.39, 0.29) is 34.3 Å². The molecule has 3 saturated heterocycles. The molecule has 0 saturated carbocycles. The number of imidazole rings is 1. The van der Waals surface area contributed by atoms with Gasteiger partial charge in [0.25, 0.3) is 5.56 Å². The lowest BCUT2D eigenvalue weighted by Crippen LogP contribution is -2.35. The van der Waals surface area contributed by atoms with Crippen LogP contribution in [0.1, 0.15) is 17.9 Å². The van der Waals surface area contributed by atoms with Crippen LogP contribution >= 0.6 is 15.6 Å². The van der Waals surface area contributed by atoms with Gasteiger partial charge in [0.15, 0.2) is 23.0 Å². The van der Waals surface area contributed by atoms with E-state index in [1.165, 1.54) is 6.20 Å². The summed E-state index contributed by atoms with van der Waals surface area (Å²) in [6, 6.07) is 0. The fraction of sp³-hybridized carbons (Fsp3) is 0.500. The molecule has 10 atom stereocenters. The average molecular weight is 674 g/mol. The topological polar surface area (TPSA) is 329 Å². The number of aliphatic hydroxyl groups is 2. The van der Waals surface area contributed by atoms with E-state index in [4.69, 9.17) is 39.0 Å². The smallest absolute Gasteiger partial charge is 0.387 e. The first-order chi connectivity index (χ1) is 21.3. The lowest BCUT2D eigenvalue weighted by Gasteiger charge is -2.25. The zero-order valence-corrected chi connectivity index (χ0v) is 24.2. The first kappa shape index (κ1) is 30.2. The van der Waals surface area contributed by atoms with Gasteiger partial charge in [0.2, 0.25) is 11.9 Å². The Hall–Kier alpha value is -3.44. The van der Waals surface area contributed by atoms with Gasteiger partial charge in [-0.2, -0.15) is 14.6 Å². The molecule has 0 aliphatic carbocycles. The molecule has 25 heteroatoms. The van der Waals surface area contributed by atoms with Gasteiger partial charge in [0, 0.05) is 5.56 Å². The van der Waals surface area contributed by atoms with Crippen LogP contribution in [0.2, 0.25) is 0 Å². The molecular weight excluding hydrogens is 650 g/mol. The van der Waals surface area contributed by atoms with E-state index in [9.17, 15) is 33.9 Å². The van der Waals surface area contributed by atoms with Crippen molar-refractivity contribution in [1.82, 2.24) is 39.1 Å². The fourth-order valence-corrected chi connectivity index (χ4v) is 7.23. The third-order valence-electron chi connectivity index (χ3n) is 7.35. The molecule has 7 rings (SSSR count). The van der Waals surface area contributed by atoms with E-state index in [2.05, 4.69) is 30.0 Å². The van der Waals surface area contributed by atoms with Crippen molar-refractivity contribution in [3.05, 3.63) is 34.8 Å². The molecule has 3 aliphatic rings. The van der Waals surface area contributed by atoms with Crippen molar-refractivity contribution in [2.75, 3.05) is 24.7 Å². The van der Waals surface area contributed by atoms with E-state index in [1.54, 1.807) is 0 Å². The second kappa shape index (κ2) is 10.8. The van der Waals surface area contributed by atoms with Crippen LogP contribution in [0.25, 0.3) is 16.8 Å². The summed E-state index contributed by atoms with van der Waals surface area (Å²) in [5.74, 6) is -0.312. The summed E-state index contributed by atoms with van der Waals surface area (Å²) in [7, 11) is -10.2. The van der Waals surface area contributed by atoms with Crippen molar-refractivity contribution in [2.24, 2.45) is 0 Å². The Morgan fingerprint density at radius 3 is 2.40 bits per heavy atom. The van der Waals surface area contributed by atoms with E-state index in [0.29, 0.717) is 0 Å². The van der Waals surface area contributed by atoms with Gasteiger partial charge in [0.05, 0.1) is 25.7 Å². The predicted octanol–water partition coefficient (Wildman–Crippen LogP) is -2.50. The number of aromatic amines is 1. The molecule has 2 unspecified atom stereocenters. The molecule has 3 aliphatic heterocycles. The molecule has 0 aromatic carbocycles. The Kier molecular flexibility index (Phi) is 7.27. The summed E-state index contributed by atoms with van der Waals surface area (Å²) >= 11 is 0. The van der Waals surface area contributed by atoms with Crippen molar-refractivity contribution in [3.8, 4) is 0 Å². The van der Waals surface area contributed by atoms with Gasteiger partial charge in [-0.05, 0) is 0 Å². The number of nitrogens with zero attached hydrogens (tertiary/aromatic N) is 7. The maximum Gasteiger partial charge on any atom is 0.472 e. The third kappa shape index (κ3) is 5.31. The third-order valence-corrected chi connectivity index (χ3v) is 9.32. The molecule has 0 amide bonds. The summed E-state index contributed by atoms with van der Waals surface area (Å²) in [6.07, 6.45) is -9.05. The van der Waals surface area contributed by atoms with Crippen LogP contribution in [-0.2, 0) is 36.7 Å². The molecule has 242 valence electrons. The highest BCUT2D eigenvalue weighted by Crippen LogP contribution is 2.54. The minimum Gasteiger partial charge on any atom is -0.387 e. The van der Waals surface area contributed by atoms with Gasteiger partial charge in [-0.25, -0.2) is 24.1 Å². The van der Waals surface area contributed by atoms with Gasteiger partial charge in [-0.1, -0.05) is 0 Å². The number of H-pyrrole nitrogens is 1. The zero-order chi connectivity index (χ0) is 31.8. The Labute approximate surface area is 248 Å². The Morgan fingerprint density at radius 1 is 0.933 bits per heavy atom. The SMILES string of the molecule is Nc1nc2c(ncn2[C@@H]2O[C@@H]3COP(=O)(O)O[C@H]4[C@@H](O)[C@H](c5cnn6c(N)ncnc56)O[C@@H]4COP(=O)(O)O[C@@H]2[C@@H]3O)c(=O)[nH]1. The number of rotatable bonds is 2. The van der Waals surface area contributed by atoms with Crippen molar-refractivity contribution in [3.63, 3.8) is 0 Å². The number of phosphoric acid groups is 2. The summed E-state index contributed by atoms with van der Waals surface area (Å²) in [6.45, 7) is -1.64. The summed E-state index contributed by atoms with van der Waals surface area (Å²) < 4.78 is 61.0. The lowest BCUT2D eigenvalue weighted by molar-refractivity contribution is -0.0636. The molecule has 4 aromatic heterocycles. The van der Waals surface area contributed by atoms with E-state index in [0.717, 1.165) is 21.7 Å². The van der Waals surface area contributed by atoms with Crippen LogP contribution in [0.15, 0.2) is 23.6 Å². The number of aromatic nitrogens is 8. The van der Waals surface area contributed by atoms with Crippen molar-refractivity contribution < 1.29 is 56.7 Å². The van der Waals surface area contributed by atoms with E-state index >= 15 is 0 Å². The highest BCUT2D eigenvalue weighted by atomic mass is 31.2. The van der Waals surface area contributed by atoms with Crippen LogP contribution < -0.4 is 17.0 Å². The molecule has 7 heterocycles. The van der Waals surface area contributed by atoms with Crippen molar-refractivity contribution in [1.29, 1.82) is 0 Å². The van der Waals surface area contributed by atoms with Gasteiger partial charge >= 0.3 is 15.6 Å². The fourth-order valence-electron chi connectivity index (χ4n) is 5.34. The largest absolute Gasteiger partial charge is 0.472 e. The minimum atomic E-state index is -5.11. The monoisotopic (exact) mass is 674 g/mol. The first-order valence-electron chi connectivity index (χ1n) is 13.0. The average Bonchev–Trinajstić information content (AvgIpc) is 3.72. The zero-order valence-electron chi connectivity index (χ0n) is 22.4. The second-order valence-electron chi connectivity index (χ2n) is 10.2. The highest BCUT2D eigenvalue weighted by Gasteiger charge is 2.54. The number of aliphatic hydroxyl groups excluding tert-OH is 2. The van der Waals surface area contributed by atoms with Crippen molar-refractivity contribution in [2.45, 2.75) is 49.0 Å². The number of hydrogen-bond acceptors (Lipinski definition) is 18. The highest BCUT2D eigenvalue weighted by molar-refractivity contribution is 7.47. The quantitative estimate of drug-likeness (QED) is 0.108. The van der Waals surface area contributed by atoms with Crippen LogP contribution in [-0.4, -0.2) is 109 Å². The van der Waals surface area contributed by atoms with Crippen molar-refractivity contribution >= 4 is 44.4 Å². The molecule has 2 bridgehead atoms. The number of anilines is 2. The molecule has 4 aromatic rings. The van der Waals surface area contributed by atoms with Crippen LogP contribution in [0.3, 0.4) is 0 Å². The number of ether oxygens (including phenoxy) is 2. The van der Waals surface area contributed by atoms with Crippen LogP contribution in [0.4, 0.5) is 11.9 Å². The van der Waals surface area contributed by atoms with Gasteiger partial charge in [0.1, 0.15) is 49.1 Å². The number of fused-ring (bicyclic) bond motifs is 5. The molecular formula is C20H24N10O13P2. The normalized spacial score (nSPS) is 37.7. The summed E-state index contributed by atoms with van der Waals surface area (Å²) in [5, 5.41) is 26.2. The van der Waals surface area contributed by atoms with Gasteiger partial charge < -0.3 is 40.9 Å². The number of hydrogen-bond donors (Lipinski definition) is 7. The van der Waals surface area contributed by atoms with Crippen LogP contribution in [0.5, 0.6) is 0 Å². The van der Waals surface area contributed by atoms with E-state index in [1.807, 2.05) is 0 Å². The Bertz CT molecular complexity index is 1940. The second-order valence-corrected chi connectivity index (χ2v) is 13.0. The minimum absolute atomic E-state index is 0.0282. The molecule has 9 N–H and O–H groups in total. The maximum absolute atomic E-state index is 13.2. The predicted molar refractivity (Wildman–Crippen MR) is 143 cm³/mol. The standard InChI is InChI=1S/C20H24N10O13P2/c21-19-27-16-9(17(33)28-19)25-5-29(16)18-14-10(31)7(41-18)2-38-44(34,35)42-13-8(3-39-45(36,37)43-14)40-12(11(13)32)6-1-26-30-15(6)23-4-24-20(30)22/h1,4-5,7-8,10-14,18,31-32H,2-3H2,(H,34,35)(H,36,37)(H2,22,23,24)(H3,21,27,28,33)/t7-,8-,10-,11+,12+,13-,14-,18-/m1/s1. The molecule has 45 heavy (non-hydrogen) atoms. The van der Waals surface area contributed by atoms with Crippen LogP contribution in [0, 0.1) is 0 Å². The molecule has 3 fully saturated rings. The number of phosphoric ester groups is 2. The summed E-state index contributed by atoms with van der Waals surface area (Å²) in [4.78, 5) is 51.7. The van der Waals surface area contributed by atoms with Gasteiger partial charge in [-0.15, -0.1) is 0 Å².